The van der Waals surface area contributed by atoms with Crippen molar-refractivity contribution in [3.05, 3.63) is 64.2 Å². The van der Waals surface area contributed by atoms with E-state index >= 15 is 0 Å². The van der Waals surface area contributed by atoms with Crippen LogP contribution < -0.4 is 15.6 Å². The van der Waals surface area contributed by atoms with Gasteiger partial charge in [-0.3, -0.25) is 15.5 Å². The van der Waals surface area contributed by atoms with E-state index in [9.17, 15) is 27.3 Å². The minimum atomic E-state index is -4.07. The standard InChI is InChI=1S/C13H10F2N4O4S2/c14-8-1-6-12(11(15)7-8)16-13(24)17-18-25(22,23)10-4-2-9(3-5-10)19(20)21/h1-7,18H,(H2,16,17,24). The van der Waals surface area contributed by atoms with Gasteiger partial charge in [-0.05, 0) is 36.5 Å². The third-order valence-corrected chi connectivity index (χ3v) is 4.30. The van der Waals surface area contributed by atoms with Crippen molar-refractivity contribution < 1.29 is 22.1 Å². The highest BCUT2D eigenvalue weighted by molar-refractivity contribution is 7.89. The van der Waals surface area contributed by atoms with Gasteiger partial charge in [0.2, 0.25) is 0 Å². The molecule has 0 heterocycles. The van der Waals surface area contributed by atoms with Gasteiger partial charge in [0, 0.05) is 18.2 Å². The molecule has 0 aromatic heterocycles. The van der Waals surface area contributed by atoms with Crippen LogP contribution in [0.1, 0.15) is 0 Å². The molecule has 2 aromatic rings. The molecule has 0 unspecified atom stereocenters. The van der Waals surface area contributed by atoms with Gasteiger partial charge in [0.05, 0.1) is 15.5 Å². The highest BCUT2D eigenvalue weighted by Crippen LogP contribution is 2.16. The number of nitrogens with one attached hydrogen (secondary N) is 3. The van der Waals surface area contributed by atoms with Crippen molar-refractivity contribution >= 4 is 38.7 Å². The SMILES string of the molecule is O=[N+]([O-])c1ccc(S(=O)(=O)NNC(=S)Nc2ccc(F)cc2F)cc1. The molecule has 0 amide bonds. The van der Waals surface area contributed by atoms with Crippen LogP contribution in [0.2, 0.25) is 0 Å². The summed E-state index contributed by atoms with van der Waals surface area (Å²) in [5.41, 5.74) is 1.71. The number of non-ortho nitro benzene ring substituents is 1. The lowest BCUT2D eigenvalue weighted by Gasteiger charge is -2.12. The Morgan fingerprint density at radius 1 is 1.12 bits per heavy atom. The first-order valence-electron chi connectivity index (χ1n) is 6.47. The molecule has 12 heteroatoms. The molecule has 0 saturated carbocycles. The van der Waals surface area contributed by atoms with Crippen LogP contribution in [0.5, 0.6) is 0 Å². The Hall–Kier alpha value is -2.70. The molecule has 0 saturated heterocycles. The molecule has 2 aromatic carbocycles. The lowest BCUT2D eigenvalue weighted by Crippen LogP contribution is -2.43. The minimum absolute atomic E-state index is 0.159. The zero-order chi connectivity index (χ0) is 18.6. The lowest BCUT2D eigenvalue weighted by molar-refractivity contribution is -0.384. The molecule has 132 valence electrons. The molecule has 0 fully saturated rings. The Labute approximate surface area is 146 Å². The van der Waals surface area contributed by atoms with Crippen LogP contribution in [0.15, 0.2) is 47.4 Å². The third kappa shape index (κ3) is 4.89. The average molecular weight is 388 g/mol. The van der Waals surface area contributed by atoms with Crippen LogP contribution in [-0.2, 0) is 10.0 Å². The van der Waals surface area contributed by atoms with Gasteiger partial charge in [-0.2, -0.15) is 0 Å². The zero-order valence-corrected chi connectivity index (χ0v) is 13.8. The van der Waals surface area contributed by atoms with Gasteiger partial charge in [0.15, 0.2) is 5.11 Å². The van der Waals surface area contributed by atoms with Crippen molar-refractivity contribution in [3.63, 3.8) is 0 Å². The molecule has 0 spiro atoms. The highest BCUT2D eigenvalue weighted by atomic mass is 32.2. The second-order valence-corrected chi connectivity index (χ2v) is 6.65. The second-order valence-electron chi connectivity index (χ2n) is 4.56. The quantitative estimate of drug-likeness (QED) is 0.408. The zero-order valence-electron chi connectivity index (χ0n) is 12.2. The maximum absolute atomic E-state index is 13.5. The smallest absolute Gasteiger partial charge is 0.269 e. The van der Waals surface area contributed by atoms with Crippen molar-refractivity contribution in [3.8, 4) is 0 Å². The lowest BCUT2D eigenvalue weighted by atomic mass is 10.3. The predicted octanol–water partition coefficient (Wildman–Crippen LogP) is 2.05. The summed E-state index contributed by atoms with van der Waals surface area (Å²) in [6, 6.07) is 6.85. The molecular weight excluding hydrogens is 378 g/mol. The number of hydrogen-bond acceptors (Lipinski definition) is 5. The summed E-state index contributed by atoms with van der Waals surface area (Å²) in [6.45, 7) is 0. The fourth-order valence-corrected chi connectivity index (χ4v) is 2.74. The number of benzene rings is 2. The first-order valence-corrected chi connectivity index (χ1v) is 8.36. The van der Waals surface area contributed by atoms with E-state index in [1.54, 1.807) is 0 Å². The van der Waals surface area contributed by atoms with Crippen LogP contribution in [0.3, 0.4) is 0 Å². The van der Waals surface area contributed by atoms with Gasteiger partial charge in [0.25, 0.3) is 15.7 Å². The van der Waals surface area contributed by atoms with Crippen molar-refractivity contribution in [2.45, 2.75) is 4.90 Å². The van der Waals surface area contributed by atoms with Gasteiger partial charge < -0.3 is 5.32 Å². The van der Waals surface area contributed by atoms with E-state index in [1.807, 2.05) is 4.83 Å². The molecule has 0 bridgehead atoms. The largest absolute Gasteiger partial charge is 0.329 e. The van der Waals surface area contributed by atoms with Crippen LogP contribution >= 0.6 is 12.2 Å². The molecule has 0 aliphatic carbocycles. The van der Waals surface area contributed by atoms with E-state index in [2.05, 4.69) is 10.7 Å². The van der Waals surface area contributed by atoms with Crippen LogP contribution in [0.25, 0.3) is 0 Å². The Bertz CT molecular complexity index is 920. The number of nitro benzene ring substituents is 1. The van der Waals surface area contributed by atoms with Crippen molar-refractivity contribution in [1.82, 2.24) is 10.3 Å². The van der Waals surface area contributed by atoms with Gasteiger partial charge in [-0.15, -0.1) is 4.83 Å². The number of anilines is 1. The number of nitrogens with zero attached hydrogens (tertiary/aromatic N) is 1. The van der Waals surface area contributed by atoms with Gasteiger partial charge in [-0.1, -0.05) is 0 Å². The first kappa shape index (κ1) is 18.6. The van der Waals surface area contributed by atoms with Gasteiger partial charge >= 0.3 is 0 Å². The number of sulfonamides is 1. The third-order valence-electron chi connectivity index (χ3n) is 2.84. The average Bonchev–Trinajstić information content (AvgIpc) is 2.56. The number of halogens is 2. The molecule has 2 rings (SSSR count). The number of nitro groups is 1. The molecule has 0 aliphatic heterocycles. The molecule has 0 aliphatic rings. The number of hydrazine groups is 1. The molecule has 8 nitrogen and oxygen atoms in total. The molecule has 0 radical (unpaired) electrons. The van der Waals surface area contributed by atoms with E-state index < -0.39 is 26.6 Å². The van der Waals surface area contributed by atoms with Crippen LogP contribution in [-0.4, -0.2) is 18.5 Å². The van der Waals surface area contributed by atoms with Gasteiger partial charge in [-0.25, -0.2) is 17.2 Å². The van der Waals surface area contributed by atoms with E-state index in [0.717, 1.165) is 36.4 Å². The molecule has 25 heavy (non-hydrogen) atoms. The summed E-state index contributed by atoms with van der Waals surface area (Å²) < 4.78 is 50.3. The summed E-state index contributed by atoms with van der Waals surface area (Å²) in [5.74, 6) is -1.69. The normalized spacial score (nSPS) is 11.0. The highest BCUT2D eigenvalue weighted by Gasteiger charge is 2.16. The van der Waals surface area contributed by atoms with Crippen LogP contribution in [0.4, 0.5) is 20.2 Å². The Morgan fingerprint density at radius 2 is 1.76 bits per heavy atom. The first-order chi connectivity index (χ1) is 11.7. The van der Waals surface area contributed by atoms with E-state index in [1.165, 1.54) is 0 Å². The van der Waals surface area contributed by atoms with Crippen molar-refractivity contribution in [2.24, 2.45) is 0 Å². The topological polar surface area (TPSA) is 113 Å². The molecule has 0 atom stereocenters. The summed E-state index contributed by atoms with van der Waals surface area (Å²) in [4.78, 5) is 11.6. The van der Waals surface area contributed by atoms with Crippen molar-refractivity contribution in [1.29, 1.82) is 0 Å². The van der Waals surface area contributed by atoms with Crippen LogP contribution in [0, 0.1) is 21.7 Å². The Balaban J connectivity index is 2.01. The van der Waals surface area contributed by atoms with E-state index in [-0.39, 0.29) is 21.4 Å². The molecule has 3 N–H and O–H groups in total. The summed E-state index contributed by atoms with van der Waals surface area (Å²) in [6.07, 6.45) is 0. The predicted molar refractivity (Wildman–Crippen MR) is 89.1 cm³/mol. The minimum Gasteiger partial charge on any atom is -0.329 e. The molecular formula is C13H10F2N4O4S2. The fourth-order valence-electron chi connectivity index (χ4n) is 1.66. The summed E-state index contributed by atoms with van der Waals surface area (Å²) in [7, 11) is -4.07. The second kappa shape index (κ2) is 7.46. The number of hydrogen-bond donors (Lipinski definition) is 3. The maximum Gasteiger partial charge on any atom is 0.269 e. The number of thiocarbonyl (C=S) groups is 1. The van der Waals surface area contributed by atoms with E-state index in [4.69, 9.17) is 12.2 Å². The Kier molecular flexibility index (Phi) is 5.56. The number of rotatable bonds is 5. The summed E-state index contributed by atoms with van der Waals surface area (Å²) in [5, 5.41) is 12.6. The monoisotopic (exact) mass is 388 g/mol. The summed E-state index contributed by atoms with van der Waals surface area (Å²) >= 11 is 4.80. The van der Waals surface area contributed by atoms with Crippen molar-refractivity contribution in [2.75, 3.05) is 5.32 Å². The van der Waals surface area contributed by atoms with E-state index in [0.29, 0.717) is 6.07 Å². The van der Waals surface area contributed by atoms with Gasteiger partial charge in [0.1, 0.15) is 11.6 Å². The maximum atomic E-state index is 13.5. The fraction of sp³-hybridized carbons (Fsp3) is 0. The Morgan fingerprint density at radius 3 is 2.32 bits per heavy atom.